The van der Waals surface area contributed by atoms with Gasteiger partial charge in [-0.3, -0.25) is 4.68 Å². The molecule has 4 heteroatoms. The molecular formula is C14H17FN2O. The molecule has 0 fully saturated rings. The number of aryl methyl sites for hydroxylation is 1. The van der Waals surface area contributed by atoms with E-state index in [0.29, 0.717) is 19.6 Å². The maximum Gasteiger partial charge on any atom is 0.125 e. The van der Waals surface area contributed by atoms with Gasteiger partial charge in [-0.15, -0.1) is 0 Å². The first-order valence-corrected chi connectivity index (χ1v) is 6.08. The van der Waals surface area contributed by atoms with E-state index >= 15 is 0 Å². The van der Waals surface area contributed by atoms with Crippen LogP contribution in [0.3, 0.4) is 0 Å². The lowest BCUT2D eigenvalue weighted by Gasteiger charge is -2.09. The van der Waals surface area contributed by atoms with Crippen LogP contribution in [0.5, 0.6) is 0 Å². The van der Waals surface area contributed by atoms with Gasteiger partial charge in [0.15, 0.2) is 0 Å². The molecule has 3 nitrogen and oxygen atoms in total. The molecule has 0 saturated heterocycles. The second-order valence-corrected chi connectivity index (χ2v) is 4.16. The van der Waals surface area contributed by atoms with Gasteiger partial charge in [0.05, 0.1) is 13.2 Å². The highest BCUT2D eigenvalue weighted by molar-refractivity contribution is 5.13. The SMILES string of the molecule is F[C@@H](CCn1cccn1)COCc1ccccc1. The molecule has 0 spiro atoms. The summed E-state index contributed by atoms with van der Waals surface area (Å²) >= 11 is 0. The summed E-state index contributed by atoms with van der Waals surface area (Å²) in [5.74, 6) is 0. The van der Waals surface area contributed by atoms with Gasteiger partial charge in [-0.05, 0) is 11.6 Å². The quantitative estimate of drug-likeness (QED) is 0.753. The second kappa shape index (κ2) is 6.91. The average Bonchev–Trinajstić information content (AvgIpc) is 2.91. The molecule has 1 aromatic carbocycles. The Morgan fingerprint density at radius 1 is 1.22 bits per heavy atom. The van der Waals surface area contributed by atoms with E-state index in [-0.39, 0.29) is 6.61 Å². The summed E-state index contributed by atoms with van der Waals surface area (Å²) < 4.78 is 20.6. The molecule has 0 amide bonds. The summed E-state index contributed by atoms with van der Waals surface area (Å²) in [6, 6.07) is 11.6. The number of hydrogen-bond acceptors (Lipinski definition) is 2. The number of aromatic nitrogens is 2. The van der Waals surface area contributed by atoms with E-state index in [4.69, 9.17) is 4.74 Å². The molecule has 0 saturated carbocycles. The molecule has 96 valence electrons. The first kappa shape index (κ1) is 12.8. The maximum absolute atomic E-state index is 13.5. The Balaban J connectivity index is 1.61. The fraction of sp³-hybridized carbons (Fsp3) is 0.357. The van der Waals surface area contributed by atoms with Gasteiger partial charge in [-0.1, -0.05) is 30.3 Å². The normalized spacial score (nSPS) is 12.5. The summed E-state index contributed by atoms with van der Waals surface area (Å²) in [4.78, 5) is 0. The van der Waals surface area contributed by atoms with E-state index in [1.54, 1.807) is 10.9 Å². The minimum absolute atomic E-state index is 0.135. The predicted octanol–water partition coefficient (Wildman–Crippen LogP) is 2.83. The Kier molecular flexibility index (Phi) is 4.90. The topological polar surface area (TPSA) is 27.1 Å². The van der Waals surface area contributed by atoms with Crippen LogP contribution in [0.1, 0.15) is 12.0 Å². The van der Waals surface area contributed by atoms with Crippen LogP contribution in [0.25, 0.3) is 0 Å². The molecule has 0 unspecified atom stereocenters. The van der Waals surface area contributed by atoms with Crippen LogP contribution in [0.4, 0.5) is 4.39 Å². The molecule has 0 aliphatic carbocycles. The lowest BCUT2D eigenvalue weighted by Crippen LogP contribution is -2.13. The molecular weight excluding hydrogens is 231 g/mol. The summed E-state index contributed by atoms with van der Waals surface area (Å²) in [6.07, 6.45) is 3.01. The number of alkyl halides is 1. The number of halogens is 1. The van der Waals surface area contributed by atoms with Crippen molar-refractivity contribution < 1.29 is 9.13 Å². The second-order valence-electron chi connectivity index (χ2n) is 4.16. The third kappa shape index (κ3) is 4.30. The number of ether oxygens (including phenoxy) is 1. The lowest BCUT2D eigenvalue weighted by molar-refractivity contribution is 0.0644. The zero-order chi connectivity index (χ0) is 12.6. The summed E-state index contributed by atoms with van der Waals surface area (Å²) in [7, 11) is 0. The lowest BCUT2D eigenvalue weighted by atomic mass is 10.2. The van der Waals surface area contributed by atoms with E-state index in [1.807, 2.05) is 42.6 Å². The van der Waals surface area contributed by atoms with E-state index in [1.165, 1.54) is 0 Å². The molecule has 2 rings (SSSR count). The summed E-state index contributed by atoms with van der Waals surface area (Å²) in [6.45, 7) is 1.18. The fourth-order valence-corrected chi connectivity index (χ4v) is 1.67. The van der Waals surface area contributed by atoms with E-state index in [9.17, 15) is 4.39 Å². The zero-order valence-corrected chi connectivity index (χ0v) is 10.2. The molecule has 0 aliphatic heterocycles. The van der Waals surface area contributed by atoms with Gasteiger partial charge >= 0.3 is 0 Å². The third-order valence-electron chi connectivity index (χ3n) is 2.64. The van der Waals surface area contributed by atoms with Gasteiger partial charge in [-0.2, -0.15) is 5.10 Å². The first-order valence-electron chi connectivity index (χ1n) is 6.08. The van der Waals surface area contributed by atoms with Crippen molar-refractivity contribution in [1.82, 2.24) is 9.78 Å². The van der Waals surface area contributed by atoms with Crippen molar-refractivity contribution in [2.75, 3.05) is 6.61 Å². The van der Waals surface area contributed by atoms with Crippen LogP contribution >= 0.6 is 0 Å². The highest BCUT2D eigenvalue weighted by atomic mass is 19.1. The van der Waals surface area contributed by atoms with Crippen molar-refractivity contribution in [2.45, 2.75) is 25.7 Å². The van der Waals surface area contributed by atoms with E-state index in [0.717, 1.165) is 5.56 Å². The molecule has 1 heterocycles. The van der Waals surface area contributed by atoms with Crippen molar-refractivity contribution in [3.05, 3.63) is 54.4 Å². The molecule has 18 heavy (non-hydrogen) atoms. The zero-order valence-electron chi connectivity index (χ0n) is 10.2. The minimum Gasteiger partial charge on any atom is -0.374 e. The minimum atomic E-state index is -0.946. The fourth-order valence-electron chi connectivity index (χ4n) is 1.67. The van der Waals surface area contributed by atoms with Crippen molar-refractivity contribution >= 4 is 0 Å². The van der Waals surface area contributed by atoms with Gasteiger partial charge in [0.2, 0.25) is 0 Å². The van der Waals surface area contributed by atoms with Crippen LogP contribution in [0, 0.1) is 0 Å². The Morgan fingerprint density at radius 2 is 2.06 bits per heavy atom. The maximum atomic E-state index is 13.5. The Labute approximate surface area is 106 Å². The van der Waals surface area contributed by atoms with Gasteiger partial charge in [0, 0.05) is 25.4 Å². The Hall–Kier alpha value is -1.68. The smallest absolute Gasteiger partial charge is 0.125 e. The number of rotatable bonds is 7. The Bertz CT molecular complexity index is 430. The number of nitrogens with zero attached hydrogens (tertiary/aromatic N) is 2. The van der Waals surface area contributed by atoms with Crippen LogP contribution < -0.4 is 0 Å². The summed E-state index contributed by atoms with van der Waals surface area (Å²) in [5, 5.41) is 4.03. The third-order valence-corrected chi connectivity index (χ3v) is 2.64. The van der Waals surface area contributed by atoms with Crippen LogP contribution in [0.2, 0.25) is 0 Å². The molecule has 1 atom stereocenters. The van der Waals surface area contributed by atoms with Crippen LogP contribution in [0.15, 0.2) is 48.8 Å². The number of hydrogen-bond donors (Lipinski definition) is 0. The molecule has 0 N–H and O–H groups in total. The van der Waals surface area contributed by atoms with E-state index in [2.05, 4.69) is 5.10 Å². The molecule has 0 aliphatic rings. The van der Waals surface area contributed by atoms with Gasteiger partial charge in [0.25, 0.3) is 0 Å². The highest BCUT2D eigenvalue weighted by Gasteiger charge is 2.07. The van der Waals surface area contributed by atoms with Crippen LogP contribution in [-0.4, -0.2) is 22.6 Å². The Morgan fingerprint density at radius 3 is 2.78 bits per heavy atom. The highest BCUT2D eigenvalue weighted by Crippen LogP contribution is 2.05. The van der Waals surface area contributed by atoms with Gasteiger partial charge < -0.3 is 4.74 Å². The van der Waals surface area contributed by atoms with Gasteiger partial charge in [0.1, 0.15) is 6.17 Å². The molecule has 0 bridgehead atoms. The van der Waals surface area contributed by atoms with Crippen molar-refractivity contribution in [2.24, 2.45) is 0 Å². The molecule has 1 aromatic heterocycles. The van der Waals surface area contributed by atoms with E-state index < -0.39 is 6.17 Å². The monoisotopic (exact) mass is 248 g/mol. The van der Waals surface area contributed by atoms with Crippen LogP contribution in [-0.2, 0) is 17.9 Å². The molecule has 2 aromatic rings. The first-order chi connectivity index (χ1) is 8.84. The number of benzene rings is 1. The average molecular weight is 248 g/mol. The van der Waals surface area contributed by atoms with Crippen molar-refractivity contribution in [1.29, 1.82) is 0 Å². The van der Waals surface area contributed by atoms with Crippen molar-refractivity contribution in [3.8, 4) is 0 Å². The van der Waals surface area contributed by atoms with Gasteiger partial charge in [-0.25, -0.2) is 4.39 Å². The predicted molar refractivity (Wildman–Crippen MR) is 67.8 cm³/mol. The standard InChI is InChI=1S/C14H17FN2O/c15-14(7-10-17-9-4-8-16-17)12-18-11-13-5-2-1-3-6-13/h1-6,8-9,14H,7,10-12H2/t14-/m0/s1. The largest absolute Gasteiger partial charge is 0.374 e. The summed E-state index contributed by atoms with van der Waals surface area (Å²) in [5.41, 5.74) is 1.07. The molecule has 0 radical (unpaired) electrons. The van der Waals surface area contributed by atoms with Crippen molar-refractivity contribution in [3.63, 3.8) is 0 Å².